The number of rotatable bonds is 2. The Morgan fingerprint density at radius 1 is 1.12 bits per heavy atom. The lowest BCUT2D eigenvalue weighted by molar-refractivity contribution is 0.532. The fourth-order valence-electron chi connectivity index (χ4n) is 1.33. The van der Waals surface area contributed by atoms with E-state index in [1.54, 1.807) is 6.20 Å². The van der Waals surface area contributed by atoms with E-state index in [-0.39, 0.29) is 0 Å². The van der Waals surface area contributed by atoms with Crippen LogP contribution in [0.1, 0.15) is 45.3 Å². The van der Waals surface area contributed by atoms with Crippen molar-refractivity contribution in [1.29, 1.82) is 0 Å². The average Bonchev–Trinajstić information content (AvgIpc) is 2.87. The molecule has 0 saturated carbocycles. The summed E-state index contributed by atoms with van der Waals surface area (Å²) in [4.78, 5) is 0. The molecular weight excluding hydrogens is 212 g/mol. The van der Waals surface area contributed by atoms with Crippen LogP contribution in [0.4, 0.5) is 0 Å². The zero-order valence-electron chi connectivity index (χ0n) is 11.3. The molecule has 0 unspecified atom stereocenters. The first kappa shape index (κ1) is 13.5. The molecule has 0 fully saturated rings. The molecule has 2 aromatic heterocycles. The predicted octanol–water partition coefficient (Wildman–Crippen LogP) is 3.01. The standard InChI is InChI=1S/C7H12N2.C6H10N2/c1-6(2)7-4-5-9(3)8-7;1-6(2)8-5-3-4-7-8/h4-6H,1-3H3;3-6H,1-2H3. The molecule has 0 aliphatic rings. The van der Waals surface area contributed by atoms with Crippen LogP contribution in [0.25, 0.3) is 0 Å². The Morgan fingerprint density at radius 3 is 2.06 bits per heavy atom. The number of hydrogen-bond acceptors (Lipinski definition) is 2. The third-order valence-electron chi connectivity index (χ3n) is 2.38. The molecule has 17 heavy (non-hydrogen) atoms. The summed E-state index contributed by atoms with van der Waals surface area (Å²) in [5.41, 5.74) is 1.16. The summed E-state index contributed by atoms with van der Waals surface area (Å²) in [5, 5.41) is 8.26. The number of hydrogen-bond donors (Lipinski definition) is 0. The van der Waals surface area contributed by atoms with Gasteiger partial charge in [0.15, 0.2) is 0 Å². The summed E-state index contributed by atoms with van der Waals surface area (Å²) in [6.07, 6.45) is 5.72. The quantitative estimate of drug-likeness (QED) is 0.800. The van der Waals surface area contributed by atoms with E-state index in [0.29, 0.717) is 12.0 Å². The minimum absolute atomic E-state index is 0.491. The normalized spacial score (nSPS) is 10.5. The molecule has 0 atom stereocenters. The van der Waals surface area contributed by atoms with Crippen LogP contribution in [0.3, 0.4) is 0 Å². The second kappa shape index (κ2) is 6.23. The zero-order chi connectivity index (χ0) is 12.8. The van der Waals surface area contributed by atoms with Crippen molar-refractivity contribution in [3.63, 3.8) is 0 Å². The van der Waals surface area contributed by atoms with Crippen LogP contribution in [-0.4, -0.2) is 19.6 Å². The molecule has 0 aliphatic carbocycles. The Labute approximate surface area is 103 Å². The predicted molar refractivity (Wildman–Crippen MR) is 69.9 cm³/mol. The van der Waals surface area contributed by atoms with Crippen LogP contribution >= 0.6 is 0 Å². The van der Waals surface area contributed by atoms with E-state index in [4.69, 9.17) is 0 Å². The van der Waals surface area contributed by atoms with Crippen LogP contribution in [-0.2, 0) is 7.05 Å². The van der Waals surface area contributed by atoms with Gasteiger partial charge in [-0.3, -0.25) is 9.36 Å². The van der Waals surface area contributed by atoms with Gasteiger partial charge in [-0.15, -0.1) is 0 Å². The van der Waals surface area contributed by atoms with Crippen LogP contribution < -0.4 is 0 Å². The zero-order valence-corrected chi connectivity index (χ0v) is 11.3. The van der Waals surface area contributed by atoms with E-state index in [1.165, 1.54) is 0 Å². The summed E-state index contributed by atoms with van der Waals surface area (Å²) in [7, 11) is 1.94. The van der Waals surface area contributed by atoms with E-state index in [2.05, 4.69) is 37.9 Å². The van der Waals surface area contributed by atoms with Gasteiger partial charge in [0.2, 0.25) is 0 Å². The summed E-state index contributed by atoms with van der Waals surface area (Å²) in [6.45, 7) is 8.49. The Kier molecular flexibility index (Phi) is 4.94. The van der Waals surface area contributed by atoms with E-state index >= 15 is 0 Å². The van der Waals surface area contributed by atoms with Gasteiger partial charge in [0, 0.05) is 31.7 Å². The molecule has 2 heterocycles. The molecule has 0 spiro atoms. The Hall–Kier alpha value is -1.58. The van der Waals surface area contributed by atoms with Crippen molar-refractivity contribution < 1.29 is 0 Å². The molecule has 0 N–H and O–H groups in total. The summed E-state index contributed by atoms with van der Waals surface area (Å²) in [5.74, 6) is 0.547. The van der Waals surface area contributed by atoms with Crippen LogP contribution in [0, 0.1) is 0 Å². The van der Waals surface area contributed by atoms with Crippen molar-refractivity contribution in [3.05, 3.63) is 36.4 Å². The van der Waals surface area contributed by atoms with Crippen molar-refractivity contribution >= 4 is 0 Å². The first-order chi connectivity index (χ1) is 8.00. The number of nitrogens with zero attached hydrogens (tertiary/aromatic N) is 4. The molecule has 2 aromatic rings. The summed E-state index contributed by atoms with van der Waals surface area (Å²) >= 11 is 0. The molecule has 0 saturated heterocycles. The van der Waals surface area contributed by atoms with E-state index < -0.39 is 0 Å². The number of aryl methyl sites for hydroxylation is 1. The minimum atomic E-state index is 0.491. The third-order valence-corrected chi connectivity index (χ3v) is 2.38. The highest BCUT2D eigenvalue weighted by Gasteiger charge is 1.99. The Bertz CT molecular complexity index is 412. The number of aromatic nitrogens is 4. The average molecular weight is 234 g/mol. The van der Waals surface area contributed by atoms with Crippen molar-refractivity contribution in [3.8, 4) is 0 Å². The first-order valence-corrected chi connectivity index (χ1v) is 5.99. The monoisotopic (exact) mass is 234 g/mol. The summed E-state index contributed by atoms with van der Waals surface area (Å²) in [6, 6.07) is 4.47. The van der Waals surface area contributed by atoms with Gasteiger partial charge in [-0.05, 0) is 31.9 Å². The second-order valence-electron chi connectivity index (χ2n) is 4.65. The van der Waals surface area contributed by atoms with Crippen molar-refractivity contribution in [2.75, 3.05) is 0 Å². The van der Waals surface area contributed by atoms with Crippen molar-refractivity contribution in [1.82, 2.24) is 19.6 Å². The molecule has 2 rings (SSSR count). The van der Waals surface area contributed by atoms with Crippen LogP contribution in [0.2, 0.25) is 0 Å². The van der Waals surface area contributed by atoms with Gasteiger partial charge in [0.1, 0.15) is 0 Å². The maximum absolute atomic E-state index is 4.23. The van der Waals surface area contributed by atoms with Crippen molar-refractivity contribution in [2.45, 2.75) is 39.7 Å². The Balaban J connectivity index is 0.000000171. The van der Waals surface area contributed by atoms with E-state index in [9.17, 15) is 0 Å². The first-order valence-electron chi connectivity index (χ1n) is 5.99. The van der Waals surface area contributed by atoms with Gasteiger partial charge in [-0.25, -0.2) is 0 Å². The van der Waals surface area contributed by atoms with Crippen LogP contribution in [0.15, 0.2) is 30.7 Å². The molecular formula is C13H22N4. The van der Waals surface area contributed by atoms with Gasteiger partial charge < -0.3 is 0 Å². The van der Waals surface area contributed by atoms with Gasteiger partial charge in [-0.2, -0.15) is 10.2 Å². The molecule has 4 nitrogen and oxygen atoms in total. The fraction of sp³-hybridized carbons (Fsp3) is 0.538. The Morgan fingerprint density at radius 2 is 1.82 bits per heavy atom. The topological polar surface area (TPSA) is 35.6 Å². The van der Waals surface area contributed by atoms with Gasteiger partial charge >= 0.3 is 0 Å². The van der Waals surface area contributed by atoms with Gasteiger partial charge in [-0.1, -0.05) is 13.8 Å². The maximum Gasteiger partial charge on any atom is 0.0649 e. The molecule has 0 bridgehead atoms. The SMILES string of the molecule is CC(C)c1ccn(C)n1.CC(C)n1cccn1. The molecule has 94 valence electrons. The lowest BCUT2D eigenvalue weighted by Gasteiger charge is -2.01. The highest BCUT2D eigenvalue weighted by Crippen LogP contribution is 2.09. The molecule has 0 aliphatic heterocycles. The second-order valence-corrected chi connectivity index (χ2v) is 4.65. The van der Waals surface area contributed by atoms with Crippen molar-refractivity contribution in [2.24, 2.45) is 7.05 Å². The van der Waals surface area contributed by atoms with Crippen LogP contribution in [0.5, 0.6) is 0 Å². The van der Waals surface area contributed by atoms with E-state index in [0.717, 1.165) is 5.69 Å². The van der Waals surface area contributed by atoms with E-state index in [1.807, 2.05) is 40.9 Å². The molecule has 4 heteroatoms. The molecule has 0 aromatic carbocycles. The summed E-state index contributed by atoms with van der Waals surface area (Å²) < 4.78 is 3.75. The fourth-order valence-corrected chi connectivity index (χ4v) is 1.33. The van der Waals surface area contributed by atoms with Gasteiger partial charge in [0.25, 0.3) is 0 Å². The smallest absolute Gasteiger partial charge is 0.0649 e. The molecule has 0 radical (unpaired) electrons. The third kappa shape index (κ3) is 4.43. The largest absolute Gasteiger partial charge is 0.276 e. The lowest BCUT2D eigenvalue weighted by Crippen LogP contribution is -1.99. The highest BCUT2D eigenvalue weighted by atomic mass is 15.3. The maximum atomic E-state index is 4.23. The lowest BCUT2D eigenvalue weighted by atomic mass is 10.1. The molecule has 0 amide bonds. The van der Waals surface area contributed by atoms with Gasteiger partial charge in [0.05, 0.1) is 5.69 Å². The highest BCUT2D eigenvalue weighted by molar-refractivity contribution is 5.03. The minimum Gasteiger partial charge on any atom is -0.276 e.